The lowest BCUT2D eigenvalue weighted by atomic mass is 9.93. The van der Waals surface area contributed by atoms with Gasteiger partial charge in [0.25, 0.3) is 0 Å². The van der Waals surface area contributed by atoms with Gasteiger partial charge in [0.15, 0.2) is 0 Å². The van der Waals surface area contributed by atoms with Crippen molar-refractivity contribution in [3.63, 3.8) is 0 Å². The van der Waals surface area contributed by atoms with Crippen molar-refractivity contribution in [2.75, 3.05) is 24.8 Å². The van der Waals surface area contributed by atoms with E-state index in [1.807, 2.05) is 6.07 Å². The number of hydrogen-bond acceptors (Lipinski definition) is 4. The third-order valence-corrected chi connectivity index (χ3v) is 6.01. The molecule has 146 valence electrons. The van der Waals surface area contributed by atoms with Crippen molar-refractivity contribution in [1.29, 1.82) is 0 Å². The van der Waals surface area contributed by atoms with Crippen LogP contribution in [0.15, 0.2) is 16.6 Å². The number of alkyl halides is 1. The van der Waals surface area contributed by atoms with Crippen molar-refractivity contribution in [2.24, 2.45) is 0 Å². The lowest BCUT2D eigenvalue weighted by Gasteiger charge is -2.34. The van der Waals surface area contributed by atoms with Crippen molar-refractivity contribution in [3.8, 4) is 0 Å². The summed E-state index contributed by atoms with van der Waals surface area (Å²) in [6.45, 7) is 4.33. The largest absolute Gasteiger partial charge is 0.462 e. The molecule has 0 heterocycles. The van der Waals surface area contributed by atoms with Gasteiger partial charge in [-0.15, -0.1) is 11.6 Å². The molecule has 1 saturated carbocycles. The molecule has 4 nitrogen and oxygen atoms in total. The van der Waals surface area contributed by atoms with Gasteiger partial charge in [0.1, 0.15) is 0 Å². The number of unbranched alkanes of at least 4 members (excludes halogenated alkanes) is 1. The summed E-state index contributed by atoms with van der Waals surface area (Å²) in [5, 5.41) is 0. The van der Waals surface area contributed by atoms with Crippen LogP contribution in [0.25, 0.3) is 0 Å². The van der Waals surface area contributed by atoms with Gasteiger partial charge in [-0.1, -0.05) is 26.2 Å². The zero-order valence-electron chi connectivity index (χ0n) is 15.6. The Balaban J connectivity index is 2.09. The summed E-state index contributed by atoms with van der Waals surface area (Å²) in [6.07, 6.45) is 8.06. The van der Waals surface area contributed by atoms with E-state index in [1.165, 1.54) is 32.1 Å². The number of nitrogen functional groups attached to an aromatic ring is 1. The molecule has 2 rings (SSSR count). The fraction of sp³-hybridized carbons (Fsp3) is 0.650. The SMILES string of the molecule is CCN(Cc1cc(C(=O)OCCCCCl)cc(Br)c1N)C1CCCCC1. The molecule has 0 amide bonds. The predicted octanol–water partition coefficient (Wildman–Crippen LogP) is 5.36. The van der Waals surface area contributed by atoms with Gasteiger partial charge in [0.05, 0.1) is 17.9 Å². The third-order valence-electron chi connectivity index (χ3n) is 5.08. The Bertz CT molecular complexity index is 591. The quantitative estimate of drug-likeness (QED) is 0.240. The molecule has 0 spiro atoms. The summed E-state index contributed by atoms with van der Waals surface area (Å²) in [5.41, 5.74) is 8.52. The number of benzene rings is 1. The molecule has 0 aliphatic heterocycles. The number of nitrogens with zero attached hydrogens (tertiary/aromatic N) is 1. The van der Waals surface area contributed by atoms with Crippen LogP contribution < -0.4 is 5.73 Å². The number of halogens is 2. The maximum atomic E-state index is 12.4. The van der Waals surface area contributed by atoms with E-state index in [0.717, 1.165) is 36.0 Å². The molecule has 0 unspecified atom stereocenters. The number of anilines is 1. The minimum Gasteiger partial charge on any atom is -0.462 e. The van der Waals surface area contributed by atoms with Crippen LogP contribution >= 0.6 is 27.5 Å². The van der Waals surface area contributed by atoms with Crippen molar-refractivity contribution in [2.45, 2.75) is 64.5 Å². The molecule has 2 N–H and O–H groups in total. The Hall–Kier alpha value is -0.780. The van der Waals surface area contributed by atoms with E-state index in [0.29, 0.717) is 29.8 Å². The van der Waals surface area contributed by atoms with Crippen molar-refractivity contribution in [3.05, 3.63) is 27.7 Å². The molecule has 0 saturated heterocycles. The molecule has 0 radical (unpaired) electrons. The molecule has 1 aromatic carbocycles. The summed E-state index contributed by atoms with van der Waals surface area (Å²) in [4.78, 5) is 14.8. The van der Waals surface area contributed by atoms with Crippen LogP contribution in [0.4, 0.5) is 5.69 Å². The Morgan fingerprint density at radius 1 is 1.31 bits per heavy atom. The second-order valence-corrected chi connectivity index (χ2v) is 8.15. The molecule has 1 aliphatic rings. The first kappa shape index (κ1) is 21.5. The van der Waals surface area contributed by atoms with Gasteiger partial charge < -0.3 is 10.5 Å². The predicted molar refractivity (Wildman–Crippen MR) is 112 cm³/mol. The zero-order chi connectivity index (χ0) is 18.9. The average Bonchev–Trinajstić information content (AvgIpc) is 2.66. The van der Waals surface area contributed by atoms with Crippen LogP contribution in [0.3, 0.4) is 0 Å². The molecule has 1 aliphatic carbocycles. The number of nitrogens with two attached hydrogens (primary N) is 1. The second kappa shape index (κ2) is 11.2. The van der Waals surface area contributed by atoms with Gasteiger partial charge in [-0.25, -0.2) is 4.79 Å². The van der Waals surface area contributed by atoms with Crippen molar-refractivity contribution < 1.29 is 9.53 Å². The van der Waals surface area contributed by atoms with E-state index < -0.39 is 0 Å². The van der Waals surface area contributed by atoms with Crippen LogP contribution in [0.2, 0.25) is 0 Å². The van der Waals surface area contributed by atoms with Gasteiger partial charge >= 0.3 is 5.97 Å². The fourth-order valence-corrected chi connectivity index (χ4v) is 4.22. The Morgan fingerprint density at radius 2 is 2.04 bits per heavy atom. The summed E-state index contributed by atoms with van der Waals surface area (Å²) in [5.74, 6) is 0.283. The Morgan fingerprint density at radius 3 is 2.69 bits per heavy atom. The third kappa shape index (κ3) is 6.14. The van der Waals surface area contributed by atoms with Crippen LogP contribution in [0.5, 0.6) is 0 Å². The first-order valence-corrected chi connectivity index (χ1v) is 10.9. The number of carbonyl (C=O) groups is 1. The van der Waals surface area contributed by atoms with E-state index in [2.05, 4.69) is 27.8 Å². The van der Waals surface area contributed by atoms with E-state index in [9.17, 15) is 4.79 Å². The minimum absolute atomic E-state index is 0.303. The summed E-state index contributed by atoms with van der Waals surface area (Å²) < 4.78 is 6.11. The van der Waals surface area contributed by atoms with Crippen LogP contribution in [0.1, 0.15) is 67.8 Å². The van der Waals surface area contributed by atoms with Gasteiger partial charge in [-0.3, -0.25) is 4.90 Å². The second-order valence-electron chi connectivity index (χ2n) is 6.92. The lowest BCUT2D eigenvalue weighted by Crippen LogP contribution is -2.36. The highest BCUT2D eigenvalue weighted by atomic mass is 79.9. The smallest absolute Gasteiger partial charge is 0.338 e. The van der Waals surface area contributed by atoms with Gasteiger partial charge in [-0.2, -0.15) is 0 Å². The molecule has 0 bridgehead atoms. The highest BCUT2D eigenvalue weighted by Gasteiger charge is 2.22. The van der Waals surface area contributed by atoms with E-state index in [4.69, 9.17) is 22.1 Å². The average molecular weight is 446 g/mol. The number of esters is 1. The monoisotopic (exact) mass is 444 g/mol. The first-order chi connectivity index (χ1) is 12.6. The van der Waals surface area contributed by atoms with E-state index >= 15 is 0 Å². The van der Waals surface area contributed by atoms with Gasteiger partial charge in [0.2, 0.25) is 0 Å². The van der Waals surface area contributed by atoms with E-state index in [-0.39, 0.29) is 5.97 Å². The highest BCUT2D eigenvalue weighted by Crippen LogP contribution is 2.30. The van der Waals surface area contributed by atoms with Gasteiger partial charge in [-0.05, 0) is 65.9 Å². The van der Waals surface area contributed by atoms with Crippen LogP contribution in [-0.4, -0.2) is 35.9 Å². The number of carbonyl (C=O) groups excluding carboxylic acids is 1. The molecule has 26 heavy (non-hydrogen) atoms. The molecule has 0 atom stereocenters. The van der Waals surface area contributed by atoms with Crippen molar-refractivity contribution in [1.82, 2.24) is 4.90 Å². The van der Waals surface area contributed by atoms with Crippen molar-refractivity contribution >= 4 is 39.2 Å². The topological polar surface area (TPSA) is 55.6 Å². The standard InChI is InChI=1S/C20H30BrClN2O2/c1-2-24(17-8-4-3-5-9-17)14-16-12-15(13-18(21)19(16)23)20(25)26-11-7-6-10-22/h12-13,17H,2-11,14,23H2,1H3. The highest BCUT2D eigenvalue weighted by molar-refractivity contribution is 9.10. The fourth-order valence-electron chi connectivity index (χ4n) is 3.53. The minimum atomic E-state index is -0.303. The van der Waals surface area contributed by atoms with Crippen LogP contribution in [-0.2, 0) is 11.3 Å². The first-order valence-electron chi connectivity index (χ1n) is 9.61. The van der Waals surface area contributed by atoms with Gasteiger partial charge in [0, 0.05) is 22.9 Å². The summed E-state index contributed by atoms with van der Waals surface area (Å²) >= 11 is 9.15. The molecule has 1 aromatic rings. The summed E-state index contributed by atoms with van der Waals surface area (Å²) in [6, 6.07) is 4.24. The molecule has 1 fully saturated rings. The zero-order valence-corrected chi connectivity index (χ0v) is 17.9. The van der Waals surface area contributed by atoms with E-state index in [1.54, 1.807) is 6.07 Å². The van der Waals surface area contributed by atoms with Crippen LogP contribution in [0, 0.1) is 0 Å². The lowest BCUT2D eigenvalue weighted by molar-refractivity contribution is 0.0499. The number of rotatable bonds is 9. The molecular weight excluding hydrogens is 416 g/mol. The molecule has 0 aromatic heterocycles. The Labute approximate surface area is 170 Å². The molecule has 6 heteroatoms. The summed E-state index contributed by atoms with van der Waals surface area (Å²) in [7, 11) is 0. The maximum absolute atomic E-state index is 12.4. The number of ether oxygens (including phenoxy) is 1. The maximum Gasteiger partial charge on any atom is 0.338 e. The normalized spacial score (nSPS) is 15.4. The number of hydrogen-bond donors (Lipinski definition) is 1. The molecular formula is C20H30BrClN2O2. The Kier molecular flexibility index (Phi) is 9.23.